The molecule has 17 heavy (non-hydrogen) atoms. The zero-order valence-corrected chi connectivity index (χ0v) is 10.7. The van der Waals surface area contributed by atoms with Crippen LogP contribution in [0.25, 0.3) is 0 Å². The molecule has 0 aromatic carbocycles. The molecular formula is C10H16N4O2S. The number of thiazole rings is 1. The minimum Gasteiger partial charge on any atom is -0.355 e. The van der Waals surface area contributed by atoms with Crippen LogP contribution in [-0.2, 0) is 4.79 Å². The molecule has 0 unspecified atom stereocenters. The molecule has 0 radical (unpaired) electrons. The Kier molecular flexibility index (Phi) is 5.41. The maximum atomic E-state index is 11.4. The van der Waals surface area contributed by atoms with Crippen LogP contribution < -0.4 is 16.0 Å². The Labute approximate surface area is 104 Å². The van der Waals surface area contributed by atoms with E-state index in [2.05, 4.69) is 20.9 Å². The average Bonchev–Trinajstić information content (AvgIpc) is 2.69. The highest BCUT2D eigenvalue weighted by molar-refractivity contribution is 7.13. The van der Waals surface area contributed by atoms with Crippen LogP contribution in [0.1, 0.15) is 19.0 Å². The molecule has 0 spiro atoms. The first-order chi connectivity index (χ1) is 8.11. The molecule has 0 saturated carbocycles. The van der Waals surface area contributed by atoms with Crippen molar-refractivity contribution < 1.29 is 9.59 Å². The maximum absolute atomic E-state index is 11.4. The Balaban J connectivity index is 2.23. The number of aryl methyl sites for hydroxylation is 1. The van der Waals surface area contributed by atoms with Crippen molar-refractivity contribution >= 4 is 28.4 Å². The highest BCUT2D eigenvalue weighted by Gasteiger charge is 2.06. The topological polar surface area (TPSA) is 83.1 Å². The van der Waals surface area contributed by atoms with Gasteiger partial charge in [-0.2, -0.15) is 0 Å². The summed E-state index contributed by atoms with van der Waals surface area (Å²) in [6.07, 6.45) is 0.871. The number of amides is 3. The van der Waals surface area contributed by atoms with Gasteiger partial charge in [-0.25, -0.2) is 9.78 Å². The van der Waals surface area contributed by atoms with Crippen LogP contribution in [0.5, 0.6) is 0 Å². The van der Waals surface area contributed by atoms with Crippen molar-refractivity contribution in [2.24, 2.45) is 0 Å². The Morgan fingerprint density at radius 1 is 1.41 bits per heavy atom. The Hall–Kier alpha value is -1.63. The number of aromatic nitrogens is 1. The molecule has 1 rings (SSSR count). The summed E-state index contributed by atoms with van der Waals surface area (Å²) in [7, 11) is 0. The second kappa shape index (κ2) is 6.85. The van der Waals surface area contributed by atoms with Gasteiger partial charge in [0.1, 0.15) is 0 Å². The summed E-state index contributed by atoms with van der Waals surface area (Å²) in [6, 6.07) is -0.425. The predicted octanol–water partition coefficient (Wildman–Crippen LogP) is 1.10. The second-order valence-corrected chi connectivity index (χ2v) is 4.31. The van der Waals surface area contributed by atoms with Gasteiger partial charge in [0.25, 0.3) is 0 Å². The molecule has 0 fully saturated rings. The lowest BCUT2D eigenvalue weighted by atomic mass is 10.4. The zero-order valence-electron chi connectivity index (χ0n) is 9.87. The zero-order chi connectivity index (χ0) is 12.7. The molecular weight excluding hydrogens is 240 g/mol. The SMILES string of the molecule is CCCNC(=O)CNC(=O)Nc1nc(C)cs1. The monoisotopic (exact) mass is 256 g/mol. The number of hydrogen-bond donors (Lipinski definition) is 3. The lowest BCUT2D eigenvalue weighted by Crippen LogP contribution is -2.39. The Morgan fingerprint density at radius 3 is 2.76 bits per heavy atom. The average molecular weight is 256 g/mol. The van der Waals surface area contributed by atoms with Gasteiger partial charge in [-0.05, 0) is 13.3 Å². The fraction of sp³-hybridized carbons (Fsp3) is 0.500. The van der Waals surface area contributed by atoms with E-state index in [1.54, 1.807) is 0 Å². The maximum Gasteiger partial charge on any atom is 0.321 e. The summed E-state index contributed by atoms with van der Waals surface area (Å²) in [4.78, 5) is 26.6. The van der Waals surface area contributed by atoms with Crippen molar-refractivity contribution in [1.29, 1.82) is 0 Å². The van der Waals surface area contributed by atoms with E-state index in [1.807, 2.05) is 19.2 Å². The molecule has 1 aromatic rings. The molecule has 0 aliphatic rings. The largest absolute Gasteiger partial charge is 0.355 e. The number of carbonyl (C=O) groups is 2. The molecule has 3 amide bonds. The minimum atomic E-state index is -0.425. The van der Waals surface area contributed by atoms with Crippen LogP contribution >= 0.6 is 11.3 Å². The normalized spacial score (nSPS) is 9.76. The van der Waals surface area contributed by atoms with Gasteiger partial charge in [0.15, 0.2) is 5.13 Å². The van der Waals surface area contributed by atoms with Gasteiger partial charge in [-0.1, -0.05) is 6.92 Å². The molecule has 0 aliphatic heterocycles. The third-order valence-electron chi connectivity index (χ3n) is 1.82. The fourth-order valence-corrected chi connectivity index (χ4v) is 1.72. The van der Waals surface area contributed by atoms with Crippen LogP contribution in [-0.4, -0.2) is 30.0 Å². The van der Waals surface area contributed by atoms with Gasteiger partial charge < -0.3 is 10.6 Å². The fourth-order valence-electron chi connectivity index (χ4n) is 1.04. The van der Waals surface area contributed by atoms with E-state index in [0.717, 1.165) is 12.1 Å². The van der Waals surface area contributed by atoms with Gasteiger partial charge in [-0.3, -0.25) is 10.1 Å². The van der Waals surface area contributed by atoms with E-state index in [0.29, 0.717) is 11.7 Å². The second-order valence-electron chi connectivity index (χ2n) is 3.45. The van der Waals surface area contributed by atoms with Gasteiger partial charge in [0, 0.05) is 11.9 Å². The molecule has 7 heteroatoms. The number of nitrogens with one attached hydrogen (secondary N) is 3. The Bertz CT molecular complexity index is 391. The first kappa shape index (κ1) is 13.4. The third-order valence-corrected chi connectivity index (χ3v) is 2.70. The molecule has 3 N–H and O–H groups in total. The number of carbonyl (C=O) groups excluding carboxylic acids is 2. The summed E-state index contributed by atoms with van der Waals surface area (Å²) in [5.74, 6) is -0.197. The van der Waals surface area contributed by atoms with Gasteiger partial charge in [-0.15, -0.1) is 11.3 Å². The van der Waals surface area contributed by atoms with Crippen molar-refractivity contribution in [2.45, 2.75) is 20.3 Å². The van der Waals surface area contributed by atoms with Gasteiger partial charge in [0.2, 0.25) is 5.91 Å². The molecule has 0 bridgehead atoms. The molecule has 1 heterocycles. The van der Waals surface area contributed by atoms with E-state index < -0.39 is 6.03 Å². The quantitative estimate of drug-likeness (QED) is 0.737. The number of anilines is 1. The van der Waals surface area contributed by atoms with E-state index in [-0.39, 0.29) is 12.5 Å². The van der Waals surface area contributed by atoms with Crippen LogP contribution in [0.2, 0.25) is 0 Å². The van der Waals surface area contributed by atoms with Gasteiger partial charge >= 0.3 is 6.03 Å². The summed E-state index contributed by atoms with van der Waals surface area (Å²) < 4.78 is 0. The summed E-state index contributed by atoms with van der Waals surface area (Å²) in [5, 5.41) is 10.0. The van der Waals surface area contributed by atoms with Crippen LogP contribution in [0.15, 0.2) is 5.38 Å². The number of urea groups is 1. The van der Waals surface area contributed by atoms with E-state index in [4.69, 9.17) is 0 Å². The standard InChI is InChI=1S/C10H16N4O2S/c1-3-4-11-8(15)5-12-9(16)14-10-13-7(2)6-17-10/h6H,3-5H2,1-2H3,(H,11,15)(H2,12,13,14,16). The molecule has 0 saturated heterocycles. The van der Waals surface area contributed by atoms with Crippen molar-refractivity contribution in [3.63, 3.8) is 0 Å². The van der Waals surface area contributed by atoms with E-state index in [1.165, 1.54) is 11.3 Å². The smallest absolute Gasteiger partial charge is 0.321 e. The summed E-state index contributed by atoms with van der Waals surface area (Å²) in [6.45, 7) is 4.40. The van der Waals surface area contributed by atoms with Crippen molar-refractivity contribution in [3.8, 4) is 0 Å². The van der Waals surface area contributed by atoms with E-state index >= 15 is 0 Å². The van der Waals surface area contributed by atoms with Crippen LogP contribution in [0.4, 0.5) is 9.93 Å². The lowest BCUT2D eigenvalue weighted by molar-refractivity contribution is -0.120. The first-order valence-corrected chi connectivity index (χ1v) is 6.23. The molecule has 6 nitrogen and oxygen atoms in total. The highest BCUT2D eigenvalue weighted by atomic mass is 32.1. The highest BCUT2D eigenvalue weighted by Crippen LogP contribution is 2.13. The van der Waals surface area contributed by atoms with Crippen molar-refractivity contribution in [1.82, 2.24) is 15.6 Å². The minimum absolute atomic E-state index is 0.0316. The van der Waals surface area contributed by atoms with Crippen LogP contribution in [0.3, 0.4) is 0 Å². The predicted molar refractivity (Wildman–Crippen MR) is 67.2 cm³/mol. The third kappa shape index (κ3) is 5.30. The van der Waals surface area contributed by atoms with E-state index in [9.17, 15) is 9.59 Å². The molecule has 0 aliphatic carbocycles. The Morgan fingerprint density at radius 2 is 2.18 bits per heavy atom. The van der Waals surface area contributed by atoms with Crippen molar-refractivity contribution in [3.05, 3.63) is 11.1 Å². The molecule has 94 valence electrons. The summed E-state index contributed by atoms with van der Waals surface area (Å²) >= 11 is 1.34. The van der Waals surface area contributed by atoms with Gasteiger partial charge in [0.05, 0.1) is 12.2 Å². The first-order valence-electron chi connectivity index (χ1n) is 5.35. The summed E-state index contributed by atoms with van der Waals surface area (Å²) in [5.41, 5.74) is 0.853. The molecule has 1 aromatic heterocycles. The number of hydrogen-bond acceptors (Lipinski definition) is 4. The molecule has 0 atom stereocenters. The lowest BCUT2D eigenvalue weighted by Gasteiger charge is -2.05. The van der Waals surface area contributed by atoms with Crippen molar-refractivity contribution in [2.75, 3.05) is 18.4 Å². The number of rotatable bonds is 5. The van der Waals surface area contributed by atoms with Crippen LogP contribution in [0, 0.1) is 6.92 Å². The number of nitrogens with zero attached hydrogens (tertiary/aromatic N) is 1.